The summed E-state index contributed by atoms with van der Waals surface area (Å²) in [6.45, 7) is 5.17. The Hall–Kier alpha value is -3.86. The molecule has 35 heavy (non-hydrogen) atoms. The van der Waals surface area contributed by atoms with Gasteiger partial charge in [0.25, 0.3) is 11.8 Å². The topological polar surface area (TPSA) is 118 Å². The average Bonchev–Trinajstić information content (AvgIpc) is 3.24. The number of aromatic nitrogens is 2. The second-order valence-corrected chi connectivity index (χ2v) is 9.30. The van der Waals surface area contributed by atoms with Crippen molar-refractivity contribution >= 4 is 39.8 Å². The molecule has 0 fully saturated rings. The van der Waals surface area contributed by atoms with E-state index in [1.165, 1.54) is 11.3 Å². The molecule has 0 spiro atoms. The predicted octanol–water partition coefficient (Wildman–Crippen LogP) is 3.90. The van der Waals surface area contributed by atoms with Gasteiger partial charge >= 0.3 is 6.03 Å². The molecule has 0 bridgehead atoms. The third kappa shape index (κ3) is 5.62. The van der Waals surface area contributed by atoms with Crippen LogP contribution in [0.25, 0.3) is 0 Å². The van der Waals surface area contributed by atoms with Crippen molar-refractivity contribution in [3.8, 4) is 11.6 Å². The van der Waals surface area contributed by atoms with Crippen LogP contribution in [0.1, 0.15) is 34.8 Å². The maximum atomic E-state index is 12.7. The Morgan fingerprint density at radius 2 is 1.94 bits per heavy atom. The summed E-state index contributed by atoms with van der Waals surface area (Å²) >= 11 is 1.43. The van der Waals surface area contributed by atoms with E-state index in [0.29, 0.717) is 34.6 Å². The lowest BCUT2D eigenvalue weighted by Crippen LogP contribution is -2.31. The molecule has 3 aromatic rings. The van der Waals surface area contributed by atoms with Crippen LogP contribution in [-0.4, -0.2) is 48.7 Å². The minimum absolute atomic E-state index is 0.0135. The molecular weight excluding hydrogens is 468 g/mol. The number of anilines is 3. The third-order valence-electron chi connectivity index (χ3n) is 5.37. The smallest absolute Gasteiger partial charge is 0.325 e. The van der Waals surface area contributed by atoms with Gasteiger partial charge in [-0.1, -0.05) is 23.5 Å². The number of para-hydroxylation sites is 1. The van der Waals surface area contributed by atoms with Crippen molar-refractivity contribution in [1.82, 2.24) is 15.3 Å². The monoisotopic (exact) mass is 496 g/mol. The van der Waals surface area contributed by atoms with Crippen molar-refractivity contribution in [3.05, 3.63) is 52.7 Å². The van der Waals surface area contributed by atoms with Gasteiger partial charge in [-0.25, -0.2) is 14.8 Å². The standard InChI is InChI=1S/C24H28N6O4S/c1-14(2)26-21(31)16-7-5-6-8-17(16)27-23(32)29-24-28-18-9-10-30(13-20(18)35-24)15-11-19(33-3)22(34-4)25-12-15/h5-8,11-12,14H,9-10,13H2,1-4H3,(H,26,31)(H2,27,28,29,32). The predicted molar refractivity (Wildman–Crippen MR) is 136 cm³/mol. The fraction of sp³-hybridized carbons (Fsp3) is 0.333. The van der Waals surface area contributed by atoms with E-state index in [1.807, 2.05) is 19.9 Å². The highest BCUT2D eigenvalue weighted by molar-refractivity contribution is 7.15. The molecule has 11 heteroatoms. The third-order valence-corrected chi connectivity index (χ3v) is 6.37. The molecular formula is C24H28N6O4S. The number of benzene rings is 1. The maximum Gasteiger partial charge on any atom is 0.325 e. The summed E-state index contributed by atoms with van der Waals surface area (Å²) in [5, 5.41) is 8.91. The lowest BCUT2D eigenvalue weighted by molar-refractivity contribution is 0.0944. The molecule has 0 unspecified atom stereocenters. The van der Waals surface area contributed by atoms with Crippen LogP contribution in [0, 0.1) is 0 Å². The number of pyridine rings is 1. The molecule has 1 aromatic carbocycles. The molecule has 0 aliphatic carbocycles. The number of fused-ring (bicyclic) bond motifs is 1. The van der Waals surface area contributed by atoms with Crippen LogP contribution < -0.4 is 30.3 Å². The molecule has 0 radical (unpaired) electrons. The molecule has 1 aliphatic heterocycles. The number of amides is 3. The second-order valence-electron chi connectivity index (χ2n) is 8.22. The van der Waals surface area contributed by atoms with Crippen LogP contribution in [0.3, 0.4) is 0 Å². The molecule has 3 N–H and O–H groups in total. The maximum absolute atomic E-state index is 12.7. The summed E-state index contributed by atoms with van der Waals surface area (Å²) in [6.07, 6.45) is 2.49. The molecule has 4 rings (SSSR count). The van der Waals surface area contributed by atoms with E-state index in [-0.39, 0.29) is 11.9 Å². The summed E-state index contributed by atoms with van der Waals surface area (Å²) in [6, 6.07) is 8.32. The largest absolute Gasteiger partial charge is 0.491 e. The SMILES string of the molecule is COc1cc(N2CCc3nc(NC(=O)Nc4ccccc4C(=O)NC(C)C)sc3C2)cnc1OC. The highest BCUT2D eigenvalue weighted by atomic mass is 32.1. The van der Waals surface area contributed by atoms with Gasteiger partial charge in [0.2, 0.25) is 0 Å². The fourth-order valence-electron chi connectivity index (χ4n) is 3.74. The Balaban J connectivity index is 1.43. The first-order chi connectivity index (χ1) is 16.9. The second kappa shape index (κ2) is 10.6. The van der Waals surface area contributed by atoms with Gasteiger partial charge < -0.3 is 25.0 Å². The quantitative estimate of drug-likeness (QED) is 0.454. The van der Waals surface area contributed by atoms with E-state index in [4.69, 9.17) is 9.47 Å². The number of hydrogen-bond donors (Lipinski definition) is 3. The zero-order valence-electron chi connectivity index (χ0n) is 20.0. The number of thiazole rings is 1. The van der Waals surface area contributed by atoms with Gasteiger partial charge in [-0.3, -0.25) is 10.1 Å². The lowest BCUT2D eigenvalue weighted by Gasteiger charge is -2.28. The molecule has 0 saturated carbocycles. The van der Waals surface area contributed by atoms with Gasteiger partial charge in [-0.2, -0.15) is 0 Å². The molecule has 0 atom stereocenters. The molecule has 1 aliphatic rings. The first-order valence-electron chi connectivity index (χ1n) is 11.2. The Kier molecular flexibility index (Phi) is 7.35. The van der Waals surface area contributed by atoms with E-state index >= 15 is 0 Å². The van der Waals surface area contributed by atoms with Gasteiger partial charge in [-0.05, 0) is 26.0 Å². The number of carbonyl (C=O) groups is 2. The van der Waals surface area contributed by atoms with Crippen LogP contribution >= 0.6 is 11.3 Å². The molecule has 10 nitrogen and oxygen atoms in total. The van der Waals surface area contributed by atoms with Gasteiger partial charge in [0.05, 0.1) is 49.6 Å². The Morgan fingerprint density at radius 3 is 2.69 bits per heavy atom. The first kappa shape index (κ1) is 24.3. The zero-order chi connectivity index (χ0) is 24.9. The minimum Gasteiger partial charge on any atom is -0.491 e. The zero-order valence-corrected chi connectivity index (χ0v) is 20.9. The van der Waals surface area contributed by atoms with Gasteiger partial charge in [0.15, 0.2) is 10.9 Å². The molecule has 0 saturated heterocycles. The number of carbonyl (C=O) groups excluding carboxylic acids is 2. The highest BCUT2D eigenvalue weighted by Gasteiger charge is 2.23. The molecule has 2 aromatic heterocycles. The number of methoxy groups -OCH3 is 2. The van der Waals surface area contributed by atoms with Crippen LogP contribution in [0.2, 0.25) is 0 Å². The summed E-state index contributed by atoms with van der Waals surface area (Å²) in [5.41, 5.74) is 2.71. The van der Waals surface area contributed by atoms with E-state index in [9.17, 15) is 9.59 Å². The normalized spacial score (nSPS) is 12.7. The number of urea groups is 1. The van der Waals surface area contributed by atoms with Gasteiger partial charge in [-0.15, -0.1) is 0 Å². The van der Waals surface area contributed by atoms with E-state index in [1.54, 1.807) is 44.7 Å². The Morgan fingerprint density at radius 1 is 1.14 bits per heavy atom. The highest BCUT2D eigenvalue weighted by Crippen LogP contribution is 2.34. The van der Waals surface area contributed by atoms with Crippen molar-refractivity contribution in [2.24, 2.45) is 0 Å². The molecule has 184 valence electrons. The number of hydrogen-bond acceptors (Lipinski definition) is 8. The first-order valence-corrected chi connectivity index (χ1v) is 12.0. The van der Waals surface area contributed by atoms with Crippen molar-refractivity contribution < 1.29 is 19.1 Å². The van der Waals surface area contributed by atoms with Crippen molar-refractivity contribution in [2.75, 3.05) is 36.3 Å². The summed E-state index contributed by atoms with van der Waals surface area (Å²) in [5.74, 6) is 0.763. The van der Waals surface area contributed by atoms with E-state index < -0.39 is 6.03 Å². The minimum atomic E-state index is -0.457. The summed E-state index contributed by atoms with van der Waals surface area (Å²) < 4.78 is 10.6. The van der Waals surface area contributed by atoms with Crippen LogP contribution in [0.5, 0.6) is 11.6 Å². The number of nitrogens with one attached hydrogen (secondary N) is 3. The fourth-order valence-corrected chi connectivity index (χ4v) is 4.76. The summed E-state index contributed by atoms with van der Waals surface area (Å²) in [4.78, 5) is 37.3. The van der Waals surface area contributed by atoms with Crippen molar-refractivity contribution in [3.63, 3.8) is 0 Å². The Bertz CT molecular complexity index is 1230. The lowest BCUT2D eigenvalue weighted by atomic mass is 10.1. The van der Waals surface area contributed by atoms with E-state index in [0.717, 1.165) is 29.2 Å². The number of rotatable bonds is 7. The number of ether oxygens (including phenoxy) is 2. The summed E-state index contributed by atoms with van der Waals surface area (Å²) in [7, 11) is 3.14. The van der Waals surface area contributed by atoms with Crippen molar-refractivity contribution in [2.45, 2.75) is 32.9 Å². The van der Waals surface area contributed by atoms with Gasteiger partial charge in [0.1, 0.15) is 0 Å². The van der Waals surface area contributed by atoms with Crippen LogP contribution in [0.4, 0.5) is 21.3 Å². The van der Waals surface area contributed by atoms with Gasteiger partial charge in [0, 0.05) is 30.0 Å². The molecule has 3 amide bonds. The molecule has 3 heterocycles. The van der Waals surface area contributed by atoms with Crippen molar-refractivity contribution in [1.29, 1.82) is 0 Å². The Labute approximate surface area is 207 Å². The average molecular weight is 497 g/mol. The van der Waals surface area contributed by atoms with Crippen LogP contribution in [-0.2, 0) is 13.0 Å². The van der Waals surface area contributed by atoms with E-state index in [2.05, 4.69) is 30.8 Å². The van der Waals surface area contributed by atoms with Crippen LogP contribution in [0.15, 0.2) is 36.5 Å². The number of nitrogens with zero attached hydrogens (tertiary/aromatic N) is 3.